The van der Waals surface area contributed by atoms with Gasteiger partial charge in [0, 0.05) is 44.9 Å². The van der Waals surface area contributed by atoms with E-state index < -0.39 is 5.97 Å². The smallest absolute Gasteiger partial charge is 0.353 e. The van der Waals surface area contributed by atoms with Gasteiger partial charge >= 0.3 is 5.97 Å². The molecule has 0 spiro atoms. The van der Waals surface area contributed by atoms with Crippen LogP contribution in [0.1, 0.15) is 10.5 Å². The SMILES string of the molecule is O=C(O)c1cccc(-c2[c-]cccc2)n1.[Ir].[c-]1c(-n2cccn2)cccc1-n1cccn1. The molecule has 3 aromatic heterocycles. The fourth-order valence-electron chi connectivity index (χ4n) is 2.79. The second-order valence-corrected chi connectivity index (χ2v) is 6.31. The van der Waals surface area contributed by atoms with E-state index in [2.05, 4.69) is 27.3 Å². The van der Waals surface area contributed by atoms with Crippen LogP contribution in [0.15, 0.2) is 97.6 Å². The Morgan fingerprint density at radius 1 is 0.812 bits per heavy atom. The molecule has 161 valence electrons. The van der Waals surface area contributed by atoms with Crippen LogP contribution in [0.4, 0.5) is 0 Å². The fraction of sp³-hybridized carbons (Fsp3) is 0. The quantitative estimate of drug-likeness (QED) is 0.315. The average molecular weight is 600 g/mol. The van der Waals surface area contributed by atoms with Crippen molar-refractivity contribution >= 4 is 5.97 Å². The maximum Gasteiger partial charge on any atom is 0.353 e. The number of hydrogen-bond donors (Lipinski definition) is 1. The van der Waals surface area contributed by atoms with E-state index in [1.807, 2.05) is 60.9 Å². The topological polar surface area (TPSA) is 85.8 Å². The molecule has 32 heavy (non-hydrogen) atoms. The summed E-state index contributed by atoms with van der Waals surface area (Å²) in [4.78, 5) is 14.7. The van der Waals surface area contributed by atoms with Gasteiger partial charge in [-0.2, -0.15) is 16.3 Å². The van der Waals surface area contributed by atoms with Crippen molar-refractivity contribution in [2.75, 3.05) is 0 Å². The maximum atomic E-state index is 10.7. The van der Waals surface area contributed by atoms with Crippen LogP contribution >= 0.6 is 0 Å². The number of carboxylic acids is 1. The molecular weight excluding hydrogens is 583 g/mol. The molecule has 8 heteroatoms. The van der Waals surface area contributed by atoms with Gasteiger partial charge in [0.2, 0.25) is 0 Å². The van der Waals surface area contributed by atoms with Crippen LogP contribution in [0.2, 0.25) is 0 Å². The third kappa shape index (κ3) is 5.63. The van der Waals surface area contributed by atoms with Crippen LogP contribution in [0.3, 0.4) is 0 Å². The van der Waals surface area contributed by atoms with E-state index in [1.165, 1.54) is 6.07 Å². The van der Waals surface area contributed by atoms with E-state index in [0.29, 0.717) is 5.69 Å². The van der Waals surface area contributed by atoms with E-state index in [0.717, 1.165) is 16.9 Å². The molecule has 1 N–H and O–H groups in total. The van der Waals surface area contributed by atoms with Crippen molar-refractivity contribution < 1.29 is 30.0 Å². The maximum absolute atomic E-state index is 10.7. The molecule has 0 bridgehead atoms. The molecule has 0 amide bonds. The number of nitrogens with zero attached hydrogens (tertiary/aromatic N) is 5. The van der Waals surface area contributed by atoms with Crippen LogP contribution in [0.5, 0.6) is 0 Å². The average Bonchev–Trinajstić information content (AvgIpc) is 3.55. The standard InChI is InChI=1S/C12H9N4.C12H8NO2.Ir/c1-4-11(15-8-2-6-13-15)10-12(5-1)16-9-3-7-14-16;14-12(15)11-8-4-7-10(13-11)9-5-2-1-3-6-9;/h1-9H;1-5,7-8H,(H,14,15);/q2*-1;. The van der Waals surface area contributed by atoms with Gasteiger partial charge in [-0.3, -0.25) is 14.3 Å². The molecule has 3 heterocycles. The van der Waals surface area contributed by atoms with Crippen LogP contribution < -0.4 is 0 Å². The molecule has 7 nitrogen and oxygen atoms in total. The minimum Gasteiger partial charge on any atom is -0.477 e. The Hall–Kier alpha value is -3.87. The molecule has 0 atom stereocenters. The van der Waals surface area contributed by atoms with Gasteiger partial charge in [-0.1, -0.05) is 12.1 Å². The summed E-state index contributed by atoms with van der Waals surface area (Å²) in [6.45, 7) is 0. The minimum atomic E-state index is -1.02. The summed E-state index contributed by atoms with van der Waals surface area (Å²) < 4.78 is 3.54. The fourth-order valence-corrected chi connectivity index (χ4v) is 2.79. The Balaban J connectivity index is 0.000000176. The van der Waals surface area contributed by atoms with Gasteiger partial charge in [-0.25, -0.2) is 4.79 Å². The Kier molecular flexibility index (Phi) is 7.80. The van der Waals surface area contributed by atoms with Crippen molar-refractivity contribution in [1.29, 1.82) is 0 Å². The first-order valence-electron chi connectivity index (χ1n) is 9.40. The zero-order valence-electron chi connectivity index (χ0n) is 16.7. The summed E-state index contributed by atoms with van der Waals surface area (Å²) in [6.07, 6.45) is 7.26. The van der Waals surface area contributed by atoms with Crippen molar-refractivity contribution in [3.05, 3.63) is 115 Å². The third-order valence-electron chi connectivity index (χ3n) is 4.22. The predicted molar refractivity (Wildman–Crippen MR) is 115 cm³/mol. The van der Waals surface area contributed by atoms with Gasteiger partial charge in [-0.05, 0) is 35.3 Å². The van der Waals surface area contributed by atoms with Gasteiger partial charge in [0.15, 0.2) is 0 Å². The van der Waals surface area contributed by atoms with Crippen LogP contribution in [0, 0.1) is 12.1 Å². The first-order valence-corrected chi connectivity index (χ1v) is 9.40. The van der Waals surface area contributed by atoms with Gasteiger partial charge in [0.1, 0.15) is 5.69 Å². The molecule has 5 aromatic rings. The Bertz CT molecular complexity index is 1210. The van der Waals surface area contributed by atoms with Crippen LogP contribution in [-0.2, 0) is 20.1 Å². The second-order valence-electron chi connectivity index (χ2n) is 6.31. The first-order chi connectivity index (χ1) is 15.2. The van der Waals surface area contributed by atoms with Gasteiger partial charge in [0.25, 0.3) is 0 Å². The number of rotatable bonds is 4. The zero-order chi connectivity index (χ0) is 21.5. The first kappa shape index (κ1) is 22.8. The summed E-state index contributed by atoms with van der Waals surface area (Å²) >= 11 is 0. The summed E-state index contributed by atoms with van der Waals surface area (Å²) in [5.74, 6) is -1.02. The molecule has 0 fully saturated rings. The summed E-state index contributed by atoms with van der Waals surface area (Å²) in [5, 5.41) is 17.1. The van der Waals surface area contributed by atoms with Crippen molar-refractivity contribution in [2.24, 2.45) is 0 Å². The number of benzene rings is 2. The van der Waals surface area contributed by atoms with Gasteiger partial charge in [0.05, 0.1) is 0 Å². The van der Waals surface area contributed by atoms with Crippen molar-refractivity contribution in [2.45, 2.75) is 0 Å². The number of aromatic carboxylic acids is 1. The van der Waals surface area contributed by atoms with Crippen molar-refractivity contribution in [3.8, 4) is 22.6 Å². The van der Waals surface area contributed by atoms with E-state index in [1.54, 1.807) is 40.0 Å². The van der Waals surface area contributed by atoms with E-state index in [4.69, 9.17) is 5.11 Å². The largest absolute Gasteiger partial charge is 0.477 e. The summed E-state index contributed by atoms with van der Waals surface area (Å²) in [6, 6.07) is 28.1. The molecule has 0 unspecified atom stereocenters. The number of pyridine rings is 1. The second kappa shape index (κ2) is 10.9. The molecule has 5 rings (SSSR count). The molecule has 0 aliphatic heterocycles. The molecule has 2 aromatic carbocycles. The number of carboxylic acid groups (broad SMARTS) is 1. The third-order valence-corrected chi connectivity index (χ3v) is 4.22. The number of carbonyl (C=O) groups is 1. The van der Waals surface area contributed by atoms with E-state index in [9.17, 15) is 4.79 Å². The predicted octanol–water partition coefficient (Wildman–Crippen LogP) is 4.10. The van der Waals surface area contributed by atoms with Crippen LogP contribution in [0.25, 0.3) is 22.6 Å². The normalized spacial score (nSPS) is 9.88. The Morgan fingerprint density at radius 3 is 2.00 bits per heavy atom. The summed E-state index contributed by atoms with van der Waals surface area (Å²) in [5.41, 5.74) is 3.26. The monoisotopic (exact) mass is 600 g/mol. The van der Waals surface area contributed by atoms with E-state index in [-0.39, 0.29) is 25.8 Å². The molecule has 0 saturated carbocycles. The molecular formula is C24H17IrN5O2-2. The van der Waals surface area contributed by atoms with Gasteiger partial charge < -0.3 is 5.11 Å². The molecule has 1 radical (unpaired) electrons. The molecule has 0 aliphatic carbocycles. The van der Waals surface area contributed by atoms with Crippen molar-refractivity contribution in [3.63, 3.8) is 0 Å². The molecule has 0 saturated heterocycles. The minimum absolute atomic E-state index is 0. The zero-order valence-corrected chi connectivity index (χ0v) is 19.1. The van der Waals surface area contributed by atoms with Crippen molar-refractivity contribution in [1.82, 2.24) is 24.5 Å². The van der Waals surface area contributed by atoms with E-state index >= 15 is 0 Å². The van der Waals surface area contributed by atoms with Gasteiger partial charge in [-0.15, -0.1) is 54.1 Å². The summed E-state index contributed by atoms with van der Waals surface area (Å²) in [7, 11) is 0. The number of aromatic nitrogens is 5. The molecule has 0 aliphatic rings. The Morgan fingerprint density at radius 2 is 1.47 bits per heavy atom. The van der Waals surface area contributed by atoms with Crippen LogP contribution in [-0.4, -0.2) is 35.6 Å². The Labute approximate surface area is 198 Å². The number of hydrogen-bond acceptors (Lipinski definition) is 4.